The van der Waals surface area contributed by atoms with Crippen LogP contribution in [0.3, 0.4) is 0 Å². The smallest absolute Gasteiger partial charge is 0.163 e. The summed E-state index contributed by atoms with van der Waals surface area (Å²) in [6, 6.07) is 10.5. The highest BCUT2D eigenvalue weighted by molar-refractivity contribution is 6.31. The Labute approximate surface area is 205 Å². The van der Waals surface area contributed by atoms with Crippen LogP contribution in [0, 0.1) is 5.41 Å². The number of allylic oxidation sites excluding steroid dienone is 3. The molecule has 176 valence electrons. The van der Waals surface area contributed by atoms with Crippen molar-refractivity contribution in [3.63, 3.8) is 0 Å². The van der Waals surface area contributed by atoms with Crippen LogP contribution in [-0.2, 0) is 4.79 Å². The molecule has 2 aromatic carbocycles. The molecule has 2 aromatic rings. The first-order valence-electron chi connectivity index (χ1n) is 11.7. The van der Waals surface area contributed by atoms with Gasteiger partial charge in [-0.05, 0) is 60.1 Å². The summed E-state index contributed by atoms with van der Waals surface area (Å²) in [5.74, 6) is 0.897. The summed E-state index contributed by atoms with van der Waals surface area (Å²) >= 11 is 6.78. The average Bonchev–Trinajstić information content (AvgIpc) is 2.95. The van der Waals surface area contributed by atoms with Gasteiger partial charge in [-0.2, -0.15) is 0 Å². The van der Waals surface area contributed by atoms with Gasteiger partial charge in [-0.1, -0.05) is 55.8 Å². The Bertz CT molecular complexity index is 1240. The van der Waals surface area contributed by atoms with Gasteiger partial charge < -0.3 is 20.5 Å². The minimum Gasteiger partial charge on any atom is -0.506 e. The fraction of sp³-hybridized carbons (Fsp3) is 0.321. The van der Waals surface area contributed by atoms with E-state index in [4.69, 9.17) is 16.3 Å². The number of nitrogens with one attached hydrogen (secondary N) is 2. The van der Waals surface area contributed by atoms with E-state index < -0.39 is 6.04 Å². The van der Waals surface area contributed by atoms with Gasteiger partial charge >= 0.3 is 0 Å². The number of ether oxygens (including phenoxy) is 1. The second kappa shape index (κ2) is 8.88. The van der Waals surface area contributed by atoms with Crippen LogP contribution in [0.4, 0.5) is 11.4 Å². The first-order valence-corrected chi connectivity index (χ1v) is 12.1. The lowest BCUT2D eigenvalue weighted by Crippen LogP contribution is -2.31. The molecule has 5 nitrogen and oxygen atoms in total. The third-order valence-electron chi connectivity index (χ3n) is 6.59. The highest BCUT2D eigenvalue weighted by Crippen LogP contribution is 2.48. The number of hydrogen-bond donors (Lipinski definition) is 3. The molecule has 1 heterocycles. The van der Waals surface area contributed by atoms with Crippen LogP contribution in [0.15, 0.2) is 71.5 Å². The van der Waals surface area contributed by atoms with Crippen molar-refractivity contribution in [2.45, 2.75) is 45.6 Å². The fourth-order valence-electron chi connectivity index (χ4n) is 4.96. The number of hydrogen-bond acceptors (Lipinski definition) is 5. The molecule has 3 N–H and O–H groups in total. The molecule has 0 saturated heterocycles. The maximum absolute atomic E-state index is 13.4. The number of halogens is 1. The number of carbonyl (C=O) groups is 1. The predicted molar refractivity (Wildman–Crippen MR) is 137 cm³/mol. The quantitative estimate of drug-likeness (QED) is 0.417. The maximum Gasteiger partial charge on any atom is 0.163 e. The molecule has 0 fully saturated rings. The van der Waals surface area contributed by atoms with Gasteiger partial charge in [0.15, 0.2) is 5.78 Å². The van der Waals surface area contributed by atoms with Gasteiger partial charge in [-0.15, -0.1) is 0 Å². The second-order valence-corrected chi connectivity index (χ2v) is 10.4. The predicted octanol–water partition coefficient (Wildman–Crippen LogP) is 6.92. The van der Waals surface area contributed by atoms with Gasteiger partial charge in [0.25, 0.3) is 0 Å². The van der Waals surface area contributed by atoms with Gasteiger partial charge in [0.05, 0.1) is 11.7 Å². The van der Waals surface area contributed by atoms with E-state index in [2.05, 4.69) is 42.7 Å². The van der Waals surface area contributed by atoms with E-state index >= 15 is 0 Å². The van der Waals surface area contributed by atoms with Crippen LogP contribution >= 0.6 is 11.6 Å². The van der Waals surface area contributed by atoms with Crippen molar-refractivity contribution in [3.05, 3.63) is 82.1 Å². The van der Waals surface area contributed by atoms with Crippen molar-refractivity contribution >= 4 is 28.8 Å². The van der Waals surface area contributed by atoms with Crippen LogP contribution < -0.4 is 15.4 Å². The van der Waals surface area contributed by atoms with Crippen molar-refractivity contribution in [1.82, 2.24) is 0 Å². The molecule has 0 aromatic heterocycles. The first kappa shape index (κ1) is 22.6. The van der Waals surface area contributed by atoms with Crippen molar-refractivity contribution in [1.29, 1.82) is 0 Å². The summed E-state index contributed by atoms with van der Waals surface area (Å²) in [5, 5.41) is 17.9. The number of aromatic hydroxyl groups is 1. The van der Waals surface area contributed by atoms with Gasteiger partial charge in [0.1, 0.15) is 23.8 Å². The number of Topliss-reactive ketones (excluding diaryl/α,β-unsaturated/α-hetero) is 1. The topological polar surface area (TPSA) is 70.6 Å². The minimum atomic E-state index is -0.445. The van der Waals surface area contributed by atoms with Crippen LogP contribution in [0.1, 0.15) is 51.1 Å². The lowest BCUT2D eigenvalue weighted by molar-refractivity contribution is -0.118. The number of carbonyl (C=O) groups excluding carboxylic acids is 1. The van der Waals surface area contributed by atoms with Gasteiger partial charge in [-0.3, -0.25) is 4.79 Å². The summed E-state index contributed by atoms with van der Waals surface area (Å²) in [6.07, 6.45) is 9.70. The number of para-hydroxylation sites is 1. The zero-order chi connectivity index (χ0) is 23.9. The van der Waals surface area contributed by atoms with E-state index in [0.717, 1.165) is 35.4 Å². The Kier molecular flexibility index (Phi) is 5.90. The summed E-state index contributed by atoms with van der Waals surface area (Å²) in [6.45, 7) is 4.67. The molecule has 5 rings (SSSR count). The average molecular weight is 477 g/mol. The van der Waals surface area contributed by atoms with E-state index in [-0.39, 0.29) is 16.9 Å². The number of rotatable bonds is 4. The largest absolute Gasteiger partial charge is 0.506 e. The molecule has 1 aliphatic heterocycles. The molecule has 0 spiro atoms. The molecule has 0 saturated carbocycles. The van der Waals surface area contributed by atoms with Crippen LogP contribution in [0.2, 0.25) is 5.02 Å². The number of ketones is 1. The minimum absolute atomic E-state index is 0.0796. The SMILES string of the molecule is CC1(C)CC(=O)C2=C(C1)Nc1c(O)cccc1NC2c1ccc(OCC2=CCCC=C2)cc1Cl. The van der Waals surface area contributed by atoms with Gasteiger partial charge in [0, 0.05) is 22.7 Å². The van der Waals surface area contributed by atoms with Crippen molar-refractivity contribution in [2.24, 2.45) is 5.41 Å². The summed E-state index contributed by atoms with van der Waals surface area (Å²) in [5.41, 5.74) is 4.57. The molecular formula is C28H29ClN2O3. The van der Waals surface area contributed by atoms with E-state index in [1.54, 1.807) is 12.1 Å². The Hall–Kier alpha value is -3.18. The molecule has 0 amide bonds. The van der Waals surface area contributed by atoms with E-state index in [9.17, 15) is 9.90 Å². The van der Waals surface area contributed by atoms with Crippen LogP contribution in [0.5, 0.6) is 11.5 Å². The van der Waals surface area contributed by atoms with Crippen LogP contribution in [-0.4, -0.2) is 17.5 Å². The number of benzene rings is 2. The molecule has 3 aliphatic rings. The molecule has 1 atom stereocenters. The van der Waals surface area contributed by atoms with Crippen LogP contribution in [0.25, 0.3) is 0 Å². The van der Waals surface area contributed by atoms with E-state index in [0.29, 0.717) is 41.5 Å². The lowest BCUT2D eigenvalue weighted by atomic mass is 9.73. The standard InChI is InChI=1S/C28H29ClN2O3/c1-28(2)14-22-25(24(33)15-28)26(30-21-9-6-10-23(32)27(21)31-22)19-12-11-18(13-20(19)29)34-16-17-7-4-3-5-8-17/h4,6-13,26,30-32H,3,5,14-16H2,1-2H3. The Balaban J connectivity index is 1.51. The molecule has 34 heavy (non-hydrogen) atoms. The van der Waals surface area contributed by atoms with Gasteiger partial charge in [0.2, 0.25) is 0 Å². The van der Waals surface area contributed by atoms with Crippen molar-refractivity contribution in [2.75, 3.05) is 17.2 Å². The normalized spacial score (nSPS) is 21.0. The Morgan fingerprint density at radius 1 is 1.18 bits per heavy atom. The van der Waals surface area contributed by atoms with Gasteiger partial charge in [-0.25, -0.2) is 0 Å². The number of anilines is 2. The van der Waals surface area contributed by atoms with E-state index in [1.807, 2.05) is 24.3 Å². The molecule has 6 heteroatoms. The third-order valence-corrected chi connectivity index (χ3v) is 6.91. The molecule has 2 aliphatic carbocycles. The van der Waals surface area contributed by atoms with E-state index in [1.165, 1.54) is 0 Å². The Morgan fingerprint density at radius 3 is 2.79 bits per heavy atom. The molecular weight excluding hydrogens is 448 g/mol. The summed E-state index contributed by atoms with van der Waals surface area (Å²) in [4.78, 5) is 13.4. The number of phenols is 1. The van der Waals surface area contributed by atoms with Crippen molar-refractivity contribution < 1.29 is 14.6 Å². The number of fused-ring (bicyclic) bond motifs is 1. The summed E-state index contributed by atoms with van der Waals surface area (Å²) < 4.78 is 5.97. The monoisotopic (exact) mass is 476 g/mol. The third kappa shape index (κ3) is 4.45. The van der Waals surface area contributed by atoms with Crippen molar-refractivity contribution in [3.8, 4) is 11.5 Å². The molecule has 1 unspecified atom stereocenters. The summed E-state index contributed by atoms with van der Waals surface area (Å²) in [7, 11) is 0. The first-order chi connectivity index (χ1) is 16.3. The molecule has 0 bridgehead atoms. The number of phenolic OH excluding ortho intramolecular Hbond substituents is 1. The maximum atomic E-state index is 13.4. The Morgan fingerprint density at radius 2 is 2.03 bits per heavy atom. The molecule has 0 radical (unpaired) electrons. The highest BCUT2D eigenvalue weighted by atomic mass is 35.5. The fourth-order valence-corrected chi connectivity index (χ4v) is 5.24. The zero-order valence-corrected chi connectivity index (χ0v) is 20.2. The lowest BCUT2D eigenvalue weighted by Gasteiger charge is -2.34. The second-order valence-electron chi connectivity index (χ2n) is 9.97. The highest BCUT2D eigenvalue weighted by Gasteiger charge is 2.39. The zero-order valence-electron chi connectivity index (χ0n) is 19.5.